The molecule has 0 aliphatic heterocycles. The summed E-state index contributed by atoms with van der Waals surface area (Å²) in [6, 6.07) is -0.581. The Hall–Kier alpha value is -0.750. The van der Waals surface area contributed by atoms with Gasteiger partial charge < -0.3 is 10.6 Å². The molecular weight excluding hydrogens is 226 g/mol. The van der Waals surface area contributed by atoms with E-state index in [1.54, 1.807) is 18.7 Å². The van der Waals surface area contributed by atoms with Gasteiger partial charge in [0.25, 0.3) is 0 Å². The van der Waals surface area contributed by atoms with E-state index in [-0.39, 0.29) is 18.0 Å². The summed E-state index contributed by atoms with van der Waals surface area (Å²) in [6.45, 7) is 3.77. The Kier molecular flexibility index (Phi) is 8.01. The van der Waals surface area contributed by atoms with Crippen molar-refractivity contribution in [2.75, 3.05) is 19.1 Å². The van der Waals surface area contributed by atoms with E-state index >= 15 is 0 Å². The van der Waals surface area contributed by atoms with Crippen molar-refractivity contribution < 1.29 is 9.59 Å². The number of hydrogen-bond acceptors (Lipinski definition) is 4. The predicted octanol–water partition coefficient (Wildman–Crippen LogP) is 0.562. The molecule has 0 rings (SSSR count). The van der Waals surface area contributed by atoms with Crippen LogP contribution in [0.25, 0.3) is 0 Å². The highest BCUT2D eigenvalue weighted by Gasteiger charge is 2.16. The zero-order valence-corrected chi connectivity index (χ0v) is 11.1. The van der Waals surface area contributed by atoms with Crippen molar-refractivity contribution in [2.24, 2.45) is 0 Å². The van der Waals surface area contributed by atoms with Crippen molar-refractivity contribution in [1.82, 2.24) is 16.0 Å². The van der Waals surface area contributed by atoms with Crippen LogP contribution >= 0.6 is 11.8 Å². The van der Waals surface area contributed by atoms with Gasteiger partial charge in [-0.05, 0) is 32.3 Å². The molecule has 0 aromatic rings. The number of carbonyl (C=O) groups is 2. The first-order chi connectivity index (χ1) is 7.51. The maximum atomic E-state index is 11.5. The smallest absolute Gasteiger partial charge is 0.321 e. The van der Waals surface area contributed by atoms with E-state index in [2.05, 4.69) is 22.2 Å². The molecule has 6 heteroatoms. The van der Waals surface area contributed by atoms with Gasteiger partial charge in [-0.1, -0.05) is 0 Å². The number of imide groups is 1. The molecule has 0 fully saturated rings. The topological polar surface area (TPSA) is 70.2 Å². The van der Waals surface area contributed by atoms with Crippen LogP contribution in [-0.4, -0.2) is 43.1 Å². The largest absolute Gasteiger partial charge is 0.341 e. The Morgan fingerprint density at radius 2 is 1.94 bits per heavy atom. The summed E-state index contributed by atoms with van der Waals surface area (Å²) >= 11 is 1.78. The fourth-order valence-electron chi connectivity index (χ4n) is 1.16. The summed E-state index contributed by atoms with van der Waals surface area (Å²) in [5.74, 6) is 0.744. The normalized spacial score (nSPS) is 14.0. The SMILES string of the molecule is CNC(=O)NC(=O)C(C)NC(C)CCSC. The number of urea groups is 1. The predicted molar refractivity (Wildman–Crippen MR) is 67.7 cm³/mol. The molecule has 0 saturated heterocycles. The molecule has 2 atom stereocenters. The van der Waals surface area contributed by atoms with Gasteiger partial charge in [0.15, 0.2) is 0 Å². The van der Waals surface area contributed by atoms with E-state index < -0.39 is 6.03 Å². The van der Waals surface area contributed by atoms with Gasteiger partial charge in [0.1, 0.15) is 0 Å². The van der Waals surface area contributed by atoms with Crippen LogP contribution in [0.5, 0.6) is 0 Å². The third-order valence-electron chi connectivity index (χ3n) is 2.15. The van der Waals surface area contributed by atoms with Gasteiger partial charge in [0.05, 0.1) is 6.04 Å². The highest BCUT2D eigenvalue weighted by molar-refractivity contribution is 7.98. The molecule has 0 aliphatic carbocycles. The summed E-state index contributed by atoms with van der Waals surface area (Å²) in [4.78, 5) is 22.4. The van der Waals surface area contributed by atoms with Crippen LogP contribution in [-0.2, 0) is 4.79 Å². The van der Waals surface area contributed by atoms with E-state index in [9.17, 15) is 9.59 Å². The lowest BCUT2D eigenvalue weighted by atomic mass is 10.2. The lowest BCUT2D eigenvalue weighted by Gasteiger charge is -2.18. The van der Waals surface area contributed by atoms with Gasteiger partial charge in [-0.25, -0.2) is 4.79 Å². The van der Waals surface area contributed by atoms with Crippen LogP contribution < -0.4 is 16.0 Å². The van der Waals surface area contributed by atoms with Crippen molar-refractivity contribution in [2.45, 2.75) is 32.4 Å². The number of nitrogens with one attached hydrogen (secondary N) is 3. The third-order valence-corrected chi connectivity index (χ3v) is 2.79. The second-order valence-corrected chi connectivity index (χ2v) is 4.62. The van der Waals surface area contributed by atoms with E-state index in [1.807, 2.05) is 6.92 Å². The maximum Gasteiger partial charge on any atom is 0.321 e. The zero-order valence-electron chi connectivity index (χ0n) is 10.3. The Balaban J connectivity index is 3.90. The molecule has 0 radical (unpaired) electrons. The van der Waals surface area contributed by atoms with E-state index in [0.717, 1.165) is 12.2 Å². The summed E-state index contributed by atoms with van der Waals surface area (Å²) in [7, 11) is 1.47. The Labute approximate surface area is 101 Å². The average Bonchev–Trinajstić information content (AvgIpc) is 2.25. The van der Waals surface area contributed by atoms with Gasteiger partial charge >= 0.3 is 6.03 Å². The van der Waals surface area contributed by atoms with Crippen LogP contribution in [0.3, 0.4) is 0 Å². The minimum Gasteiger partial charge on any atom is -0.341 e. The molecule has 3 amide bonds. The number of carbonyl (C=O) groups excluding carboxylic acids is 2. The molecule has 0 heterocycles. The van der Waals surface area contributed by atoms with E-state index in [0.29, 0.717) is 0 Å². The summed E-state index contributed by atoms with van der Waals surface area (Å²) < 4.78 is 0. The summed E-state index contributed by atoms with van der Waals surface area (Å²) in [5, 5.41) is 7.71. The van der Waals surface area contributed by atoms with Gasteiger partial charge in [-0.2, -0.15) is 11.8 Å². The van der Waals surface area contributed by atoms with Crippen molar-refractivity contribution in [3.63, 3.8) is 0 Å². The highest BCUT2D eigenvalue weighted by Crippen LogP contribution is 2.00. The molecule has 5 nitrogen and oxygen atoms in total. The lowest BCUT2D eigenvalue weighted by molar-refractivity contribution is -0.121. The molecule has 0 aromatic heterocycles. The van der Waals surface area contributed by atoms with Gasteiger partial charge in [0, 0.05) is 13.1 Å². The first-order valence-corrected chi connectivity index (χ1v) is 6.68. The molecule has 3 N–H and O–H groups in total. The Morgan fingerprint density at radius 1 is 1.31 bits per heavy atom. The van der Waals surface area contributed by atoms with Crippen LogP contribution in [0, 0.1) is 0 Å². The van der Waals surface area contributed by atoms with E-state index in [4.69, 9.17) is 0 Å². The monoisotopic (exact) mass is 247 g/mol. The van der Waals surface area contributed by atoms with Crippen LogP contribution in [0.1, 0.15) is 20.3 Å². The quantitative estimate of drug-likeness (QED) is 0.641. The second kappa shape index (κ2) is 8.41. The molecule has 94 valence electrons. The van der Waals surface area contributed by atoms with Crippen LogP contribution in [0.2, 0.25) is 0 Å². The Bertz CT molecular complexity index is 236. The number of hydrogen-bond donors (Lipinski definition) is 3. The molecule has 0 aromatic carbocycles. The lowest BCUT2D eigenvalue weighted by Crippen LogP contribution is -2.49. The fraction of sp³-hybridized carbons (Fsp3) is 0.800. The highest BCUT2D eigenvalue weighted by atomic mass is 32.2. The molecule has 0 saturated carbocycles. The molecule has 0 spiro atoms. The first kappa shape index (κ1) is 15.2. The van der Waals surface area contributed by atoms with Gasteiger partial charge in [0.2, 0.25) is 5.91 Å². The second-order valence-electron chi connectivity index (χ2n) is 3.64. The van der Waals surface area contributed by atoms with Crippen molar-refractivity contribution in [1.29, 1.82) is 0 Å². The summed E-state index contributed by atoms with van der Waals surface area (Å²) in [5.41, 5.74) is 0. The maximum absolute atomic E-state index is 11.5. The van der Waals surface area contributed by atoms with Crippen molar-refractivity contribution in [3.05, 3.63) is 0 Å². The number of amides is 3. The minimum atomic E-state index is -0.476. The minimum absolute atomic E-state index is 0.262. The fourth-order valence-corrected chi connectivity index (χ4v) is 1.75. The van der Waals surface area contributed by atoms with Crippen molar-refractivity contribution >= 4 is 23.7 Å². The van der Waals surface area contributed by atoms with Gasteiger partial charge in [-0.3, -0.25) is 10.1 Å². The van der Waals surface area contributed by atoms with Crippen molar-refractivity contribution in [3.8, 4) is 0 Å². The third kappa shape index (κ3) is 6.68. The Morgan fingerprint density at radius 3 is 2.44 bits per heavy atom. The van der Waals surface area contributed by atoms with Crippen LogP contribution in [0.4, 0.5) is 4.79 Å². The molecule has 2 unspecified atom stereocenters. The first-order valence-electron chi connectivity index (χ1n) is 5.28. The number of rotatable bonds is 6. The van der Waals surface area contributed by atoms with Gasteiger partial charge in [-0.15, -0.1) is 0 Å². The van der Waals surface area contributed by atoms with Crippen LogP contribution in [0.15, 0.2) is 0 Å². The molecular formula is C10H21N3O2S. The summed E-state index contributed by atoms with van der Waals surface area (Å²) in [6.07, 6.45) is 3.05. The zero-order chi connectivity index (χ0) is 12.6. The standard InChI is InChI=1S/C10H21N3O2S/c1-7(5-6-16-4)12-8(2)9(14)13-10(15)11-3/h7-8,12H,5-6H2,1-4H3,(H2,11,13,14,15). The van der Waals surface area contributed by atoms with E-state index in [1.165, 1.54) is 7.05 Å². The average molecular weight is 247 g/mol. The molecule has 0 aliphatic rings. The molecule has 16 heavy (non-hydrogen) atoms. The molecule has 0 bridgehead atoms. The number of thioether (sulfide) groups is 1.